The molecule has 4 rings (SSSR count). The second kappa shape index (κ2) is 11.0. The minimum atomic E-state index is -0.984. The Morgan fingerprint density at radius 1 is 0.829 bits per heavy atom. The molecule has 0 fully saturated rings. The van der Waals surface area contributed by atoms with Crippen LogP contribution in [-0.2, 0) is 16.1 Å². The first-order valence-corrected chi connectivity index (χ1v) is 11.1. The SMILES string of the molecule is Cc1ccc(N(C(=O)CNC(=O)c2ccco2)C(C(=O)NCc2ccco2)c2ccccc2)cc1. The fraction of sp³-hybridized carbons (Fsp3) is 0.148. The van der Waals surface area contributed by atoms with E-state index in [1.165, 1.54) is 23.5 Å². The molecule has 4 aromatic rings. The van der Waals surface area contributed by atoms with Crippen LogP contribution in [0.4, 0.5) is 5.69 Å². The molecule has 2 N–H and O–H groups in total. The quantitative estimate of drug-likeness (QED) is 0.384. The summed E-state index contributed by atoms with van der Waals surface area (Å²) < 4.78 is 10.4. The number of anilines is 1. The number of nitrogens with one attached hydrogen (secondary N) is 2. The number of furan rings is 2. The highest BCUT2D eigenvalue weighted by atomic mass is 16.3. The molecule has 0 aliphatic rings. The smallest absolute Gasteiger partial charge is 0.287 e. The van der Waals surface area contributed by atoms with Crippen LogP contribution in [0.5, 0.6) is 0 Å². The Bertz CT molecular complexity index is 1250. The molecule has 0 aliphatic heterocycles. The van der Waals surface area contributed by atoms with Crippen LogP contribution < -0.4 is 15.5 Å². The molecule has 0 aliphatic carbocycles. The highest BCUT2D eigenvalue weighted by Crippen LogP contribution is 2.28. The van der Waals surface area contributed by atoms with Crippen molar-refractivity contribution in [3.63, 3.8) is 0 Å². The van der Waals surface area contributed by atoms with E-state index >= 15 is 0 Å². The van der Waals surface area contributed by atoms with Gasteiger partial charge in [-0.1, -0.05) is 48.0 Å². The van der Waals surface area contributed by atoms with E-state index in [2.05, 4.69) is 10.6 Å². The molecule has 0 bridgehead atoms. The lowest BCUT2D eigenvalue weighted by atomic mass is 10.0. The number of benzene rings is 2. The number of rotatable bonds is 9. The molecule has 1 unspecified atom stereocenters. The zero-order valence-electron chi connectivity index (χ0n) is 19.1. The van der Waals surface area contributed by atoms with Crippen molar-refractivity contribution >= 4 is 23.4 Å². The summed E-state index contributed by atoms with van der Waals surface area (Å²) in [6.45, 7) is 1.77. The Kier molecular flexibility index (Phi) is 7.42. The Morgan fingerprint density at radius 2 is 1.54 bits per heavy atom. The minimum absolute atomic E-state index is 0.0930. The van der Waals surface area contributed by atoms with E-state index < -0.39 is 17.9 Å². The van der Waals surface area contributed by atoms with Crippen molar-refractivity contribution in [3.05, 3.63) is 114 Å². The topological polar surface area (TPSA) is 105 Å². The van der Waals surface area contributed by atoms with E-state index in [1.54, 1.807) is 54.6 Å². The molecule has 2 aromatic carbocycles. The van der Waals surface area contributed by atoms with Gasteiger partial charge in [-0.05, 0) is 48.9 Å². The van der Waals surface area contributed by atoms with E-state index in [-0.39, 0.29) is 24.8 Å². The Balaban J connectivity index is 1.65. The maximum atomic E-state index is 13.5. The molecule has 0 radical (unpaired) electrons. The Morgan fingerprint density at radius 3 is 2.20 bits per heavy atom. The molecule has 0 saturated carbocycles. The van der Waals surface area contributed by atoms with Crippen LogP contribution in [0.3, 0.4) is 0 Å². The molecule has 178 valence electrons. The van der Waals surface area contributed by atoms with Crippen molar-refractivity contribution in [1.82, 2.24) is 10.6 Å². The van der Waals surface area contributed by atoms with Crippen LogP contribution in [0.2, 0.25) is 0 Å². The molecule has 8 nitrogen and oxygen atoms in total. The summed E-state index contributed by atoms with van der Waals surface area (Å²) in [5, 5.41) is 5.43. The lowest BCUT2D eigenvalue weighted by Gasteiger charge is -2.31. The first-order chi connectivity index (χ1) is 17.0. The maximum absolute atomic E-state index is 13.5. The average molecular weight is 472 g/mol. The van der Waals surface area contributed by atoms with Crippen molar-refractivity contribution in [2.45, 2.75) is 19.5 Å². The van der Waals surface area contributed by atoms with Gasteiger partial charge in [0.05, 0.1) is 25.6 Å². The lowest BCUT2D eigenvalue weighted by molar-refractivity contribution is -0.126. The van der Waals surface area contributed by atoms with Crippen molar-refractivity contribution in [1.29, 1.82) is 0 Å². The van der Waals surface area contributed by atoms with Crippen molar-refractivity contribution in [3.8, 4) is 0 Å². The summed E-state index contributed by atoms with van der Waals surface area (Å²) in [5.41, 5.74) is 2.15. The summed E-state index contributed by atoms with van der Waals surface area (Å²) in [5.74, 6) is -0.694. The van der Waals surface area contributed by atoms with Gasteiger partial charge in [-0.2, -0.15) is 0 Å². The molecule has 3 amide bonds. The summed E-state index contributed by atoms with van der Waals surface area (Å²) in [6, 6.07) is 21.9. The van der Waals surface area contributed by atoms with Crippen LogP contribution in [0.1, 0.15) is 33.5 Å². The highest BCUT2D eigenvalue weighted by Gasteiger charge is 2.33. The number of aryl methyl sites for hydroxylation is 1. The average Bonchev–Trinajstić information content (AvgIpc) is 3.60. The third-order valence-corrected chi connectivity index (χ3v) is 5.36. The predicted molar refractivity (Wildman–Crippen MR) is 129 cm³/mol. The van der Waals surface area contributed by atoms with Crippen LogP contribution in [0.25, 0.3) is 0 Å². The summed E-state index contributed by atoms with van der Waals surface area (Å²) in [4.78, 5) is 40.8. The zero-order valence-corrected chi connectivity index (χ0v) is 19.1. The molecular formula is C27H25N3O5. The summed E-state index contributed by atoms with van der Waals surface area (Å²) >= 11 is 0. The monoisotopic (exact) mass is 471 g/mol. The van der Waals surface area contributed by atoms with Gasteiger partial charge in [0.15, 0.2) is 5.76 Å². The van der Waals surface area contributed by atoms with Gasteiger partial charge < -0.3 is 19.5 Å². The number of nitrogens with zero attached hydrogens (tertiary/aromatic N) is 1. The van der Waals surface area contributed by atoms with Gasteiger partial charge in [-0.3, -0.25) is 19.3 Å². The van der Waals surface area contributed by atoms with Gasteiger partial charge in [-0.25, -0.2) is 0 Å². The van der Waals surface area contributed by atoms with Gasteiger partial charge in [0.2, 0.25) is 11.8 Å². The normalized spacial score (nSPS) is 11.5. The Hall–Kier alpha value is -4.59. The van der Waals surface area contributed by atoms with Crippen LogP contribution in [0, 0.1) is 6.92 Å². The Labute approximate surface area is 202 Å². The fourth-order valence-electron chi connectivity index (χ4n) is 3.62. The number of carbonyl (C=O) groups is 3. The maximum Gasteiger partial charge on any atom is 0.287 e. The molecule has 2 heterocycles. The summed E-state index contributed by atoms with van der Waals surface area (Å²) in [7, 11) is 0. The van der Waals surface area contributed by atoms with Gasteiger partial charge in [-0.15, -0.1) is 0 Å². The second-order valence-electron chi connectivity index (χ2n) is 7.87. The van der Waals surface area contributed by atoms with Gasteiger partial charge >= 0.3 is 0 Å². The number of hydrogen-bond donors (Lipinski definition) is 2. The second-order valence-corrected chi connectivity index (χ2v) is 7.87. The third-order valence-electron chi connectivity index (χ3n) is 5.36. The van der Waals surface area contributed by atoms with E-state index in [9.17, 15) is 14.4 Å². The van der Waals surface area contributed by atoms with Crippen molar-refractivity contribution in [2.24, 2.45) is 0 Å². The zero-order chi connectivity index (χ0) is 24.6. The van der Waals surface area contributed by atoms with Gasteiger partial charge in [0.25, 0.3) is 5.91 Å². The van der Waals surface area contributed by atoms with Crippen LogP contribution >= 0.6 is 0 Å². The number of hydrogen-bond acceptors (Lipinski definition) is 5. The van der Waals surface area contributed by atoms with Gasteiger partial charge in [0.1, 0.15) is 11.8 Å². The highest BCUT2D eigenvalue weighted by molar-refractivity contribution is 6.04. The summed E-state index contributed by atoms with van der Waals surface area (Å²) in [6.07, 6.45) is 2.91. The molecular weight excluding hydrogens is 446 g/mol. The molecule has 2 aromatic heterocycles. The first-order valence-electron chi connectivity index (χ1n) is 11.1. The fourth-order valence-corrected chi connectivity index (χ4v) is 3.62. The number of carbonyl (C=O) groups excluding carboxylic acids is 3. The first kappa shape index (κ1) is 23.6. The van der Waals surface area contributed by atoms with Crippen LogP contribution in [0.15, 0.2) is 100 Å². The van der Waals surface area contributed by atoms with E-state index in [4.69, 9.17) is 8.83 Å². The van der Waals surface area contributed by atoms with E-state index in [0.29, 0.717) is 17.0 Å². The van der Waals surface area contributed by atoms with Crippen LogP contribution in [-0.4, -0.2) is 24.3 Å². The van der Waals surface area contributed by atoms with Gasteiger partial charge in [0, 0.05) is 5.69 Å². The molecule has 8 heteroatoms. The molecule has 1 atom stereocenters. The molecule has 0 spiro atoms. The standard InChI is InChI=1S/C27H25N3O5/c1-19-11-13-21(14-12-19)30(24(31)18-29-26(32)23-10-6-16-35-23)25(20-7-3-2-4-8-20)27(33)28-17-22-9-5-15-34-22/h2-16,25H,17-18H2,1H3,(H,28,33)(H,29,32). The predicted octanol–water partition coefficient (Wildman–Crippen LogP) is 4.00. The molecule has 0 saturated heterocycles. The van der Waals surface area contributed by atoms with E-state index in [0.717, 1.165) is 5.56 Å². The van der Waals surface area contributed by atoms with Crippen molar-refractivity contribution < 1.29 is 23.2 Å². The van der Waals surface area contributed by atoms with Crippen molar-refractivity contribution in [2.75, 3.05) is 11.4 Å². The third kappa shape index (κ3) is 5.86. The molecule has 35 heavy (non-hydrogen) atoms. The minimum Gasteiger partial charge on any atom is -0.467 e. The van der Waals surface area contributed by atoms with E-state index in [1.807, 2.05) is 25.1 Å². The number of amides is 3. The lowest BCUT2D eigenvalue weighted by Crippen LogP contribution is -2.47. The largest absolute Gasteiger partial charge is 0.467 e.